The Morgan fingerprint density at radius 3 is 2.88 bits per heavy atom. The highest BCUT2D eigenvalue weighted by Crippen LogP contribution is 2.33. The minimum atomic E-state index is 0.215. The van der Waals surface area contributed by atoms with Gasteiger partial charge in [-0.15, -0.1) is 0 Å². The Balaban J connectivity index is 1.90. The molecule has 1 saturated heterocycles. The summed E-state index contributed by atoms with van der Waals surface area (Å²) in [5, 5.41) is 5.17. The van der Waals surface area contributed by atoms with Crippen molar-refractivity contribution in [2.75, 3.05) is 25.2 Å². The predicted molar refractivity (Wildman–Crippen MR) is 69.7 cm³/mol. The van der Waals surface area contributed by atoms with Crippen LogP contribution in [-0.4, -0.2) is 34.9 Å². The number of aromatic nitrogens is 2. The van der Waals surface area contributed by atoms with Crippen molar-refractivity contribution in [3.8, 4) is 5.75 Å². The fourth-order valence-electron chi connectivity index (χ4n) is 1.95. The van der Waals surface area contributed by atoms with Gasteiger partial charge in [0.2, 0.25) is 0 Å². The van der Waals surface area contributed by atoms with Gasteiger partial charge in [0.1, 0.15) is 0 Å². The van der Waals surface area contributed by atoms with Crippen LogP contribution < -0.4 is 4.74 Å². The molecule has 0 aliphatic carbocycles. The molecule has 0 amide bonds. The Hall–Kier alpha value is -0.550. The highest BCUT2D eigenvalue weighted by Gasteiger charge is 2.32. The molecule has 1 aromatic heterocycles. The van der Waals surface area contributed by atoms with Gasteiger partial charge in [-0.3, -0.25) is 4.68 Å². The van der Waals surface area contributed by atoms with E-state index in [9.17, 15) is 0 Å². The van der Waals surface area contributed by atoms with Crippen molar-refractivity contribution < 1.29 is 9.47 Å². The van der Waals surface area contributed by atoms with Gasteiger partial charge in [-0.25, -0.2) is 0 Å². The number of aryl methyl sites for hydroxylation is 1. The van der Waals surface area contributed by atoms with Crippen LogP contribution in [0.25, 0.3) is 0 Å². The van der Waals surface area contributed by atoms with Crippen molar-refractivity contribution in [2.24, 2.45) is 5.41 Å². The van der Waals surface area contributed by atoms with Crippen LogP contribution in [-0.2, 0) is 11.3 Å². The van der Waals surface area contributed by atoms with E-state index in [0.29, 0.717) is 0 Å². The smallest absolute Gasteiger partial charge is 0.157 e. The monoisotopic (exact) mass is 302 g/mol. The van der Waals surface area contributed by atoms with Crippen molar-refractivity contribution in [1.82, 2.24) is 9.78 Å². The third kappa shape index (κ3) is 3.22. The first-order chi connectivity index (χ1) is 8.28. The second-order valence-electron chi connectivity index (χ2n) is 4.57. The molecule has 4 nitrogen and oxygen atoms in total. The van der Waals surface area contributed by atoms with E-state index in [1.54, 1.807) is 6.20 Å². The van der Waals surface area contributed by atoms with Crippen LogP contribution in [0.4, 0.5) is 0 Å². The normalized spacial score (nSPS) is 19.2. The lowest BCUT2D eigenvalue weighted by Crippen LogP contribution is -2.36. The molecule has 96 valence electrons. The topological polar surface area (TPSA) is 36.3 Å². The maximum absolute atomic E-state index is 5.85. The standard InChI is InChI=1S/C12H19BrN2O2/c1-2-15-8-11(7-14-15)17-10-12(9-13)3-5-16-6-4-12/h7-8H,2-6,9-10H2,1H3. The summed E-state index contributed by atoms with van der Waals surface area (Å²) in [5.41, 5.74) is 0.215. The van der Waals surface area contributed by atoms with E-state index in [4.69, 9.17) is 9.47 Å². The highest BCUT2D eigenvalue weighted by molar-refractivity contribution is 9.09. The van der Waals surface area contributed by atoms with Crippen molar-refractivity contribution in [1.29, 1.82) is 0 Å². The van der Waals surface area contributed by atoms with E-state index in [0.717, 1.165) is 50.3 Å². The minimum absolute atomic E-state index is 0.215. The maximum atomic E-state index is 5.85. The summed E-state index contributed by atoms with van der Waals surface area (Å²) in [6.45, 7) is 5.35. The molecule has 1 fully saturated rings. The number of hydrogen-bond donors (Lipinski definition) is 0. The number of halogens is 1. The zero-order chi connectivity index (χ0) is 12.1. The Labute approximate surface area is 110 Å². The van der Waals surface area contributed by atoms with Gasteiger partial charge in [0.15, 0.2) is 5.75 Å². The van der Waals surface area contributed by atoms with Gasteiger partial charge in [-0.1, -0.05) is 15.9 Å². The van der Waals surface area contributed by atoms with Gasteiger partial charge < -0.3 is 9.47 Å². The largest absolute Gasteiger partial charge is 0.490 e. The third-order valence-electron chi connectivity index (χ3n) is 3.32. The molecule has 5 heteroatoms. The molecule has 0 aromatic carbocycles. The van der Waals surface area contributed by atoms with Gasteiger partial charge in [-0.2, -0.15) is 5.10 Å². The first-order valence-corrected chi connectivity index (χ1v) is 7.19. The fraction of sp³-hybridized carbons (Fsp3) is 0.750. The number of alkyl halides is 1. The van der Waals surface area contributed by atoms with Crippen LogP contribution in [0.5, 0.6) is 5.75 Å². The molecule has 0 atom stereocenters. The average molecular weight is 303 g/mol. The number of ether oxygens (including phenoxy) is 2. The first-order valence-electron chi connectivity index (χ1n) is 6.07. The number of hydrogen-bond acceptors (Lipinski definition) is 3. The molecule has 2 heterocycles. The molecule has 0 radical (unpaired) electrons. The summed E-state index contributed by atoms with van der Waals surface area (Å²) in [5.74, 6) is 0.860. The van der Waals surface area contributed by atoms with Crippen molar-refractivity contribution in [3.05, 3.63) is 12.4 Å². The highest BCUT2D eigenvalue weighted by atomic mass is 79.9. The lowest BCUT2D eigenvalue weighted by Gasteiger charge is -2.35. The quantitative estimate of drug-likeness (QED) is 0.784. The second kappa shape index (κ2) is 5.87. The SMILES string of the molecule is CCn1cc(OCC2(CBr)CCOCC2)cn1. The lowest BCUT2D eigenvalue weighted by atomic mass is 9.83. The summed E-state index contributed by atoms with van der Waals surface area (Å²) < 4.78 is 13.1. The molecule has 0 unspecified atom stereocenters. The molecule has 1 aliphatic rings. The molecular weight excluding hydrogens is 284 g/mol. The van der Waals surface area contributed by atoms with E-state index in [1.165, 1.54) is 0 Å². The molecule has 17 heavy (non-hydrogen) atoms. The molecule has 1 aliphatic heterocycles. The van der Waals surface area contributed by atoms with Gasteiger partial charge in [0, 0.05) is 30.5 Å². The Bertz CT molecular complexity index is 348. The van der Waals surface area contributed by atoms with Crippen molar-refractivity contribution >= 4 is 15.9 Å². The summed E-state index contributed by atoms with van der Waals surface area (Å²) in [6, 6.07) is 0. The predicted octanol–water partition coefficient (Wildman–Crippen LogP) is 2.47. The van der Waals surface area contributed by atoms with Crippen LogP contribution >= 0.6 is 15.9 Å². The Morgan fingerprint density at radius 2 is 2.29 bits per heavy atom. The fourth-order valence-corrected chi connectivity index (χ4v) is 2.67. The lowest BCUT2D eigenvalue weighted by molar-refractivity contribution is 0.00353. The minimum Gasteiger partial charge on any atom is -0.490 e. The maximum Gasteiger partial charge on any atom is 0.157 e. The zero-order valence-electron chi connectivity index (χ0n) is 10.2. The van der Waals surface area contributed by atoms with Gasteiger partial charge >= 0.3 is 0 Å². The van der Waals surface area contributed by atoms with Crippen LogP contribution in [0.15, 0.2) is 12.4 Å². The van der Waals surface area contributed by atoms with Crippen LogP contribution in [0, 0.1) is 5.41 Å². The Morgan fingerprint density at radius 1 is 1.53 bits per heavy atom. The van der Waals surface area contributed by atoms with E-state index in [1.807, 2.05) is 10.9 Å². The molecule has 0 N–H and O–H groups in total. The van der Waals surface area contributed by atoms with Gasteiger partial charge in [-0.05, 0) is 19.8 Å². The molecule has 1 aromatic rings. The van der Waals surface area contributed by atoms with E-state index in [-0.39, 0.29) is 5.41 Å². The molecular formula is C12H19BrN2O2. The molecule has 0 spiro atoms. The Kier molecular flexibility index (Phi) is 4.45. The number of rotatable bonds is 5. The van der Waals surface area contributed by atoms with Gasteiger partial charge in [0.05, 0.1) is 19.0 Å². The van der Waals surface area contributed by atoms with E-state index < -0.39 is 0 Å². The summed E-state index contributed by atoms with van der Waals surface area (Å²) >= 11 is 3.60. The first kappa shape index (κ1) is 12.9. The van der Waals surface area contributed by atoms with Crippen LogP contribution in [0.3, 0.4) is 0 Å². The third-order valence-corrected chi connectivity index (χ3v) is 4.51. The summed E-state index contributed by atoms with van der Waals surface area (Å²) in [6.07, 6.45) is 5.84. The van der Waals surface area contributed by atoms with Crippen LogP contribution in [0.2, 0.25) is 0 Å². The molecule has 2 rings (SSSR count). The number of nitrogens with zero attached hydrogens (tertiary/aromatic N) is 2. The second-order valence-corrected chi connectivity index (χ2v) is 5.13. The van der Waals surface area contributed by atoms with E-state index >= 15 is 0 Å². The molecule has 0 saturated carbocycles. The average Bonchev–Trinajstić information content (AvgIpc) is 2.85. The summed E-state index contributed by atoms with van der Waals surface area (Å²) in [7, 11) is 0. The van der Waals surface area contributed by atoms with Crippen LogP contribution in [0.1, 0.15) is 19.8 Å². The van der Waals surface area contributed by atoms with E-state index in [2.05, 4.69) is 28.0 Å². The summed E-state index contributed by atoms with van der Waals surface area (Å²) in [4.78, 5) is 0. The zero-order valence-corrected chi connectivity index (χ0v) is 11.8. The van der Waals surface area contributed by atoms with Crippen molar-refractivity contribution in [3.63, 3.8) is 0 Å². The molecule has 0 bridgehead atoms. The van der Waals surface area contributed by atoms with Gasteiger partial charge in [0.25, 0.3) is 0 Å². The van der Waals surface area contributed by atoms with Crippen molar-refractivity contribution in [2.45, 2.75) is 26.3 Å².